The van der Waals surface area contributed by atoms with Crippen molar-refractivity contribution in [3.8, 4) is 22.6 Å². The number of imidazole rings is 1. The van der Waals surface area contributed by atoms with Crippen LogP contribution in [0.15, 0.2) is 85.6 Å². The standard InChI is InChI=1S/C34H39FN10/c1-8-22(13-25(9-2)39-21(3)20-45(6)7)29-16-27-30(19-38-29)42-43-33(27)34-40-31-18-36-17-28(32(31)41-34)23-12-24(35)15-26(14-23)37-10-11-44(4)5/h8-9,12-19,37,39H,2-3,10-11,20H2,1,4-7H3,(H,40,41)(H,42,43)/b22-8+,25-13+. The number of benzene rings is 1. The minimum Gasteiger partial charge on any atom is -0.384 e. The van der Waals surface area contributed by atoms with Crippen molar-refractivity contribution in [2.45, 2.75) is 6.92 Å². The van der Waals surface area contributed by atoms with E-state index in [-0.39, 0.29) is 5.82 Å². The van der Waals surface area contributed by atoms with Gasteiger partial charge in [0.25, 0.3) is 0 Å². The number of likely N-dealkylation sites (N-methyl/N-ethyl adjacent to an activating group) is 2. The normalized spacial score (nSPS) is 12.4. The van der Waals surface area contributed by atoms with Gasteiger partial charge in [0.1, 0.15) is 11.5 Å². The molecule has 232 valence electrons. The molecule has 0 fully saturated rings. The Hall–Kier alpha value is -5.13. The summed E-state index contributed by atoms with van der Waals surface area (Å²) in [6.45, 7) is 12.2. The Balaban J connectivity index is 1.49. The number of aromatic nitrogens is 6. The van der Waals surface area contributed by atoms with E-state index >= 15 is 0 Å². The molecule has 4 heterocycles. The van der Waals surface area contributed by atoms with Crippen LogP contribution in [0.5, 0.6) is 0 Å². The zero-order valence-corrected chi connectivity index (χ0v) is 26.4. The lowest BCUT2D eigenvalue weighted by Crippen LogP contribution is -2.23. The van der Waals surface area contributed by atoms with Gasteiger partial charge in [-0.2, -0.15) is 5.10 Å². The molecule has 0 atom stereocenters. The van der Waals surface area contributed by atoms with Crippen molar-refractivity contribution in [1.29, 1.82) is 0 Å². The number of nitrogens with one attached hydrogen (secondary N) is 4. The maximum absolute atomic E-state index is 14.7. The van der Waals surface area contributed by atoms with E-state index in [2.05, 4.69) is 53.8 Å². The van der Waals surface area contributed by atoms with Gasteiger partial charge in [-0.3, -0.25) is 15.1 Å². The van der Waals surface area contributed by atoms with Gasteiger partial charge in [-0.05, 0) is 82.7 Å². The molecule has 11 heteroatoms. The van der Waals surface area contributed by atoms with Crippen molar-refractivity contribution in [2.24, 2.45) is 0 Å². The summed E-state index contributed by atoms with van der Waals surface area (Å²) in [7, 11) is 7.98. The van der Waals surface area contributed by atoms with E-state index in [9.17, 15) is 4.39 Å². The molecule has 1 aromatic carbocycles. The molecule has 0 saturated heterocycles. The third-order valence-corrected chi connectivity index (χ3v) is 7.13. The molecule has 0 amide bonds. The third kappa shape index (κ3) is 7.34. The fourth-order valence-electron chi connectivity index (χ4n) is 5.03. The number of rotatable bonds is 13. The number of H-pyrrole nitrogens is 2. The molecule has 0 saturated carbocycles. The van der Waals surface area contributed by atoms with Gasteiger partial charge in [0.05, 0.1) is 34.6 Å². The summed E-state index contributed by atoms with van der Waals surface area (Å²) < 4.78 is 14.7. The average molecular weight is 607 g/mol. The summed E-state index contributed by atoms with van der Waals surface area (Å²) in [4.78, 5) is 21.5. The van der Waals surface area contributed by atoms with Crippen molar-refractivity contribution in [3.05, 3.63) is 97.1 Å². The molecular formula is C34H39FN10. The Labute approximate surface area is 262 Å². The minimum absolute atomic E-state index is 0.336. The fraction of sp³-hybridized carbons (Fsp3) is 0.235. The van der Waals surface area contributed by atoms with Gasteiger partial charge in [-0.15, -0.1) is 0 Å². The maximum Gasteiger partial charge on any atom is 0.159 e. The van der Waals surface area contributed by atoms with Crippen LogP contribution in [0.2, 0.25) is 0 Å². The Bertz CT molecular complexity index is 1910. The highest BCUT2D eigenvalue weighted by molar-refractivity contribution is 5.97. The smallest absolute Gasteiger partial charge is 0.159 e. The number of halogens is 1. The molecule has 4 N–H and O–H groups in total. The average Bonchev–Trinajstić information content (AvgIpc) is 3.62. The molecular weight excluding hydrogens is 567 g/mol. The summed E-state index contributed by atoms with van der Waals surface area (Å²) in [5.74, 6) is 0.228. The van der Waals surface area contributed by atoms with E-state index in [1.54, 1.807) is 24.7 Å². The van der Waals surface area contributed by atoms with Crippen LogP contribution in [-0.4, -0.2) is 87.8 Å². The topological polar surface area (TPSA) is 114 Å². The lowest BCUT2D eigenvalue weighted by Gasteiger charge is -2.15. The molecule has 4 aromatic heterocycles. The van der Waals surface area contributed by atoms with E-state index in [0.717, 1.165) is 45.6 Å². The van der Waals surface area contributed by atoms with Crippen molar-refractivity contribution in [1.82, 2.24) is 45.2 Å². The molecule has 0 aliphatic heterocycles. The summed E-state index contributed by atoms with van der Waals surface area (Å²) in [5, 5.41) is 15.1. The monoisotopic (exact) mass is 606 g/mol. The molecule has 0 spiro atoms. The highest BCUT2D eigenvalue weighted by Crippen LogP contribution is 2.33. The number of aromatic amines is 2. The third-order valence-electron chi connectivity index (χ3n) is 7.13. The summed E-state index contributed by atoms with van der Waals surface area (Å²) in [6.07, 6.45) is 10.9. The first-order chi connectivity index (χ1) is 21.6. The zero-order chi connectivity index (χ0) is 32.1. The highest BCUT2D eigenvalue weighted by Gasteiger charge is 2.17. The van der Waals surface area contributed by atoms with E-state index in [0.29, 0.717) is 46.9 Å². The van der Waals surface area contributed by atoms with Gasteiger partial charge in [0, 0.05) is 53.9 Å². The lowest BCUT2D eigenvalue weighted by atomic mass is 10.1. The predicted molar refractivity (Wildman–Crippen MR) is 182 cm³/mol. The highest BCUT2D eigenvalue weighted by atomic mass is 19.1. The minimum atomic E-state index is -0.336. The second kappa shape index (κ2) is 13.7. The van der Waals surface area contributed by atoms with Crippen molar-refractivity contribution in [3.63, 3.8) is 0 Å². The first kappa shape index (κ1) is 31.3. The van der Waals surface area contributed by atoms with Crippen molar-refractivity contribution < 1.29 is 4.39 Å². The van der Waals surface area contributed by atoms with Crippen molar-refractivity contribution in [2.75, 3.05) is 53.1 Å². The molecule has 5 aromatic rings. The number of pyridine rings is 2. The van der Waals surface area contributed by atoms with Gasteiger partial charge in [0.15, 0.2) is 5.82 Å². The van der Waals surface area contributed by atoms with Crippen LogP contribution >= 0.6 is 0 Å². The molecule has 0 aliphatic rings. The van der Waals surface area contributed by atoms with Crippen molar-refractivity contribution >= 4 is 33.2 Å². The van der Waals surface area contributed by atoms with E-state index in [1.165, 1.54) is 12.1 Å². The first-order valence-corrected chi connectivity index (χ1v) is 14.6. The predicted octanol–water partition coefficient (Wildman–Crippen LogP) is 5.81. The molecule has 0 radical (unpaired) electrons. The molecule has 0 aliphatic carbocycles. The quantitative estimate of drug-likeness (QED) is 0.124. The second-order valence-corrected chi connectivity index (χ2v) is 11.3. The van der Waals surface area contributed by atoms with Gasteiger partial charge in [-0.25, -0.2) is 9.37 Å². The second-order valence-electron chi connectivity index (χ2n) is 11.3. The molecule has 5 rings (SSSR count). The number of allylic oxidation sites excluding steroid dienone is 4. The fourth-order valence-corrected chi connectivity index (χ4v) is 5.03. The van der Waals surface area contributed by atoms with Crippen LogP contribution < -0.4 is 10.6 Å². The maximum atomic E-state index is 14.7. The number of fused-ring (bicyclic) bond motifs is 2. The van der Waals surface area contributed by atoms with E-state index in [1.807, 2.05) is 64.3 Å². The van der Waals surface area contributed by atoms with Crippen LogP contribution in [0.1, 0.15) is 12.6 Å². The van der Waals surface area contributed by atoms with E-state index < -0.39 is 0 Å². The molecule has 10 nitrogen and oxygen atoms in total. The SMILES string of the molecule is C=C/C(=C\C(=C/C)c1cc2c(-c3nc4c(-c5cc(F)cc(NCCN(C)C)c5)cncc4[nH]3)n[nH]c2cn1)NC(=C)CN(C)C. The van der Waals surface area contributed by atoms with Gasteiger partial charge in [0.2, 0.25) is 0 Å². The Morgan fingerprint density at radius 1 is 1.04 bits per heavy atom. The van der Waals surface area contributed by atoms with Crippen LogP contribution in [0.3, 0.4) is 0 Å². The molecule has 45 heavy (non-hydrogen) atoms. The Morgan fingerprint density at radius 3 is 2.60 bits per heavy atom. The number of hydrogen-bond acceptors (Lipinski definition) is 8. The molecule has 0 bridgehead atoms. The number of hydrogen-bond donors (Lipinski definition) is 4. The summed E-state index contributed by atoms with van der Waals surface area (Å²) >= 11 is 0. The van der Waals surface area contributed by atoms with Gasteiger partial charge < -0.3 is 25.4 Å². The van der Waals surface area contributed by atoms with Gasteiger partial charge in [-0.1, -0.05) is 19.2 Å². The molecule has 0 unspecified atom stereocenters. The first-order valence-electron chi connectivity index (χ1n) is 14.6. The Morgan fingerprint density at radius 2 is 1.87 bits per heavy atom. The van der Waals surface area contributed by atoms with Crippen LogP contribution in [0.4, 0.5) is 10.1 Å². The number of anilines is 1. The largest absolute Gasteiger partial charge is 0.384 e. The Kier molecular flexibility index (Phi) is 9.50. The zero-order valence-electron chi connectivity index (χ0n) is 26.4. The summed E-state index contributed by atoms with van der Waals surface area (Å²) in [5.41, 5.74) is 8.24. The van der Waals surface area contributed by atoms with Crippen LogP contribution in [0.25, 0.3) is 50.2 Å². The number of nitrogens with zero attached hydrogens (tertiary/aromatic N) is 6. The van der Waals surface area contributed by atoms with Crippen LogP contribution in [-0.2, 0) is 0 Å². The van der Waals surface area contributed by atoms with E-state index in [4.69, 9.17) is 4.98 Å². The lowest BCUT2D eigenvalue weighted by molar-refractivity contribution is 0.425. The summed E-state index contributed by atoms with van der Waals surface area (Å²) in [6, 6.07) is 6.89. The van der Waals surface area contributed by atoms with Gasteiger partial charge >= 0.3 is 0 Å². The van der Waals surface area contributed by atoms with Crippen LogP contribution in [0, 0.1) is 5.82 Å².